The second-order valence-electron chi connectivity index (χ2n) is 5.17. The van der Waals surface area contributed by atoms with E-state index in [1.165, 1.54) is 4.90 Å². The van der Waals surface area contributed by atoms with E-state index in [-0.39, 0.29) is 12.5 Å². The van der Waals surface area contributed by atoms with Crippen LogP contribution >= 0.6 is 0 Å². The molecule has 1 heterocycles. The van der Waals surface area contributed by atoms with Crippen LogP contribution in [0.15, 0.2) is 0 Å². The average Bonchev–Trinajstić information content (AvgIpc) is 2.87. The van der Waals surface area contributed by atoms with Crippen molar-refractivity contribution in [2.45, 2.75) is 45.1 Å². The number of carbonyl (C=O) groups excluding carboxylic acids is 3. The van der Waals surface area contributed by atoms with Gasteiger partial charge in [0, 0.05) is 0 Å². The molecule has 1 aliphatic heterocycles. The molecule has 1 N–H and O–H groups in total. The molecule has 0 aromatic heterocycles. The summed E-state index contributed by atoms with van der Waals surface area (Å²) in [6.07, 6.45) is 3.15. The Hall–Kier alpha value is -1.90. The molecule has 2 fully saturated rings. The number of amides is 3. The molecule has 3 amide bonds. The van der Waals surface area contributed by atoms with Crippen molar-refractivity contribution in [1.82, 2.24) is 10.2 Å². The molecule has 2 aliphatic rings. The zero-order valence-corrected chi connectivity index (χ0v) is 10.9. The van der Waals surface area contributed by atoms with E-state index in [1.807, 2.05) is 0 Å². The van der Waals surface area contributed by atoms with Crippen molar-refractivity contribution in [3.05, 3.63) is 0 Å². The Morgan fingerprint density at radius 3 is 2.63 bits per heavy atom. The molecule has 0 spiro atoms. The predicted octanol–water partition coefficient (Wildman–Crippen LogP) is 0.334. The van der Waals surface area contributed by atoms with Crippen LogP contribution < -0.4 is 5.32 Å². The number of nitriles is 1. The highest BCUT2D eigenvalue weighted by atomic mass is 16.2. The standard InChI is InChI=1S/C13H17N3O3/c1-2-9-11(18)15-10(17)7-16(9)12(19)13(8-14)5-3-4-6-13/h9H,2-7H2,1H3,(H,15,17,18). The zero-order chi connectivity index (χ0) is 14.0. The smallest absolute Gasteiger partial charge is 0.249 e. The van der Waals surface area contributed by atoms with E-state index in [2.05, 4.69) is 11.4 Å². The number of piperazine rings is 1. The van der Waals surface area contributed by atoms with Gasteiger partial charge in [-0.2, -0.15) is 5.26 Å². The van der Waals surface area contributed by atoms with E-state index in [4.69, 9.17) is 0 Å². The first kappa shape index (κ1) is 13.5. The van der Waals surface area contributed by atoms with E-state index in [0.717, 1.165) is 12.8 Å². The van der Waals surface area contributed by atoms with E-state index in [1.54, 1.807) is 6.92 Å². The number of imide groups is 1. The second-order valence-corrected chi connectivity index (χ2v) is 5.17. The van der Waals surface area contributed by atoms with Gasteiger partial charge in [-0.3, -0.25) is 19.7 Å². The third kappa shape index (κ3) is 2.21. The number of hydrogen-bond acceptors (Lipinski definition) is 4. The molecule has 1 aliphatic carbocycles. The molecular formula is C13H17N3O3. The Labute approximate surface area is 111 Å². The third-order valence-electron chi connectivity index (χ3n) is 3.98. The average molecular weight is 263 g/mol. The summed E-state index contributed by atoms with van der Waals surface area (Å²) in [5.41, 5.74) is -1.04. The highest BCUT2D eigenvalue weighted by Gasteiger charge is 2.48. The van der Waals surface area contributed by atoms with Gasteiger partial charge in [0.15, 0.2) is 0 Å². The number of carbonyl (C=O) groups is 3. The van der Waals surface area contributed by atoms with Gasteiger partial charge in [-0.25, -0.2) is 0 Å². The van der Waals surface area contributed by atoms with Crippen molar-refractivity contribution in [3.63, 3.8) is 0 Å². The lowest BCUT2D eigenvalue weighted by Crippen LogP contribution is -2.61. The summed E-state index contributed by atoms with van der Waals surface area (Å²) in [6.45, 7) is 1.65. The maximum Gasteiger partial charge on any atom is 0.249 e. The maximum absolute atomic E-state index is 12.6. The molecule has 0 aromatic rings. The van der Waals surface area contributed by atoms with E-state index >= 15 is 0 Å². The summed E-state index contributed by atoms with van der Waals surface area (Å²) in [5, 5.41) is 11.6. The first-order valence-electron chi connectivity index (χ1n) is 6.60. The van der Waals surface area contributed by atoms with Gasteiger partial charge in [0.05, 0.1) is 6.07 Å². The van der Waals surface area contributed by atoms with Crippen LogP contribution in [-0.2, 0) is 14.4 Å². The van der Waals surface area contributed by atoms with Crippen LogP contribution in [0.25, 0.3) is 0 Å². The van der Waals surface area contributed by atoms with Gasteiger partial charge in [0.2, 0.25) is 17.7 Å². The molecule has 6 heteroatoms. The second kappa shape index (κ2) is 5.00. The van der Waals surface area contributed by atoms with Crippen molar-refractivity contribution < 1.29 is 14.4 Å². The molecule has 102 valence electrons. The van der Waals surface area contributed by atoms with Crippen LogP contribution in [-0.4, -0.2) is 35.2 Å². The monoisotopic (exact) mass is 263 g/mol. The molecule has 0 bridgehead atoms. The van der Waals surface area contributed by atoms with Crippen LogP contribution in [0, 0.1) is 16.7 Å². The molecule has 6 nitrogen and oxygen atoms in total. The lowest BCUT2D eigenvalue weighted by molar-refractivity contribution is -0.154. The van der Waals surface area contributed by atoms with Crippen molar-refractivity contribution in [2.75, 3.05) is 6.54 Å². The summed E-state index contributed by atoms with van der Waals surface area (Å²) in [6, 6.07) is 1.47. The summed E-state index contributed by atoms with van der Waals surface area (Å²) in [7, 11) is 0. The first-order chi connectivity index (χ1) is 9.04. The molecule has 1 atom stereocenters. The molecule has 0 aromatic carbocycles. The topological polar surface area (TPSA) is 90.3 Å². The predicted molar refractivity (Wildman–Crippen MR) is 65.5 cm³/mol. The van der Waals surface area contributed by atoms with Crippen molar-refractivity contribution in [2.24, 2.45) is 5.41 Å². The Balaban J connectivity index is 2.28. The van der Waals surface area contributed by atoms with Crippen molar-refractivity contribution in [3.8, 4) is 6.07 Å². The summed E-state index contributed by atoms with van der Waals surface area (Å²) < 4.78 is 0. The normalized spacial score (nSPS) is 25.9. The number of nitrogens with one attached hydrogen (secondary N) is 1. The van der Waals surface area contributed by atoms with Crippen LogP contribution in [0.3, 0.4) is 0 Å². The maximum atomic E-state index is 12.6. The Morgan fingerprint density at radius 1 is 1.47 bits per heavy atom. The highest BCUT2D eigenvalue weighted by Crippen LogP contribution is 2.39. The number of hydrogen-bond donors (Lipinski definition) is 1. The van der Waals surface area contributed by atoms with Crippen LogP contribution in [0.5, 0.6) is 0 Å². The molecule has 1 saturated carbocycles. The Kier molecular flexibility index (Phi) is 3.56. The molecule has 2 rings (SSSR count). The summed E-state index contributed by atoms with van der Waals surface area (Å²) >= 11 is 0. The van der Waals surface area contributed by atoms with Crippen molar-refractivity contribution >= 4 is 17.7 Å². The third-order valence-corrected chi connectivity index (χ3v) is 3.98. The number of rotatable bonds is 2. The summed E-state index contributed by atoms with van der Waals surface area (Å²) in [4.78, 5) is 37.1. The van der Waals surface area contributed by atoms with Gasteiger partial charge in [0.25, 0.3) is 0 Å². The van der Waals surface area contributed by atoms with E-state index in [0.29, 0.717) is 19.3 Å². The first-order valence-corrected chi connectivity index (χ1v) is 6.60. The van der Waals surface area contributed by atoms with Gasteiger partial charge in [-0.15, -0.1) is 0 Å². The van der Waals surface area contributed by atoms with E-state index in [9.17, 15) is 19.6 Å². The minimum absolute atomic E-state index is 0.132. The van der Waals surface area contributed by atoms with Crippen molar-refractivity contribution in [1.29, 1.82) is 5.26 Å². The molecule has 0 radical (unpaired) electrons. The Bertz CT molecular complexity index is 460. The lowest BCUT2D eigenvalue weighted by Gasteiger charge is -2.37. The van der Waals surface area contributed by atoms with E-state index < -0.39 is 23.3 Å². The number of nitrogens with zero attached hydrogens (tertiary/aromatic N) is 2. The Morgan fingerprint density at radius 2 is 2.11 bits per heavy atom. The molecular weight excluding hydrogens is 246 g/mol. The minimum atomic E-state index is -1.04. The van der Waals surface area contributed by atoms with Gasteiger partial charge < -0.3 is 4.90 Å². The highest BCUT2D eigenvalue weighted by molar-refractivity contribution is 6.05. The quantitative estimate of drug-likeness (QED) is 0.727. The fourth-order valence-corrected chi connectivity index (χ4v) is 2.91. The van der Waals surface area contributed by atoms with Crippen LogP contribution in [0.1, 0.15) is 39.0 Å². The van der Waals surface area contributed by atoms with Gasteiger partial charge in [-0.05, 0) is 19.3 Å². The zero-order valence-electron chi connectivity index (χ0n) is 10.9. The molecule has 1 saturated heterocycles. The summed E-state index contributed by atoms with van der Waals surface area (Å²) in [5.74, 6) is -1.28. The largest absolute Gasteiger partial charge is 0.320 e. The lowest BCUT2D eigenvalue weighted by atomic mass is 9.85. The van der Waals surface area contributed by atoms with Gasteiger partial charge in [-0.1, -0.05) is 19.8 Å². The molecule has 1 unspecified atom stereocenters. The fraction of sp³-hybridized carbons (Fsp3) is 0.692. The van der Waals surface area contributed by atoms with Crippen LogP contribution in [0.2, 0.25) is 0 Å². The van der Waals surface area contributed by atoms with Crippen LogP contribution in [0.4, 0.5) is 0 Å². The van der Waals surface area contributed by atoms with Gasteiger partial charge >= 0.3 is 0 Å². The SMILES string of the molecule is CCC1C(=O)NC(=O)CN1C(=O)C1(C#N)CCCC1. The fourth-order valence-electron chi connectivity index (χ4n) is 2.91. The molecule has 19 heavy (non-hydrogen) atoms. The van der Waals surface area contributed by atoms with Gasteiger partial charge in [0.1, 0.15) is 18.0 Å². The minimum Gasteiger partial charge on any atom is -0.320 e.